The molecule has 0 spiro atoms. The third kappa shape index (κ3) is 5.47. The van der Waals surface area contributed by atoms with Gasteiger partial charge in [0.2, 0.25) is 0 Å². The summed E-state index contributed by atoms with van der Waals surface area (Å²) in [6.45, 7) is 0. The maximum absolute atomic E-state index is 15.3. The highest BCUT2D eigenvalue weighted by Crippen LogP contribution is 2.76. The molecule has 33 heavy (non-hydrogen) atoms. The number of halogens is 4. The second-order valence-corrected chi connectivity index (χ2v) is 18.6. The monoisotopic (exact) mass is 512 g/mol. The first-order valence-corrected chi connectivity index (χ1v) is 17.5. The Balaban J connectivity index is 1.74. The van der Waals surface area contributed by atoms with Gasteiger partial charge in [0, 0.05) is 22.6 Å². The molecule has 2 nitrogen and oxygen atoms in total. The fourth-order valence-electron chi connectivity index (χ4n) is 7.47. The van der Waals surface area contributed by atoms with Crippen molar-refractivity contribution >= 4 is 14.3 Å². The van der Waals surface area contributed by atoms with E-state index in [0.717, 1.165) is 38.5 Å². The minimum absolute atomic E-state index is 0.119. The molecule has 0 aromatic carbocycles. The molecule has 0 aromatic rings. The Hall–Kier alpha value is 0.180. The Bertz CT molecular complexity index is 724. The van der Waals surface area contributed by atoms with Gasteiger partial charge in [-0.2, -0.15) is 0 Å². The van der Waals surface area contributed by atoms with Crippen LogP contribution in [0.2, 0.25) is 0 Å². The third-order valence-electron chi connectivity index (χ3n) is 9.27. The molecule has 0 N–H and O–H groups in total. The Labute approximate surface area is 197 Å². The fraction of sp³-hybridized carbons (Fsp3) is 1.00. The van der Waals surface area contributed by atoms with Crippen molar-refractivity contribution < 1.29 is 26.7 Å². The third-order valence-corrected chi connectivity index (χ3v) is 19.6. The predicted octanol–water partition coefficient (Wildman–Crippen LogP) is 8.79. The molecule has 8 heteroatoms. The molecule has 4 fully saturated rings. The zero-order valence-electron chi connectivity index (χ0n) is 19.9. The molecule has 0 radical (unpaired) electrons. The van der Waals surface area contributed by atoms with E-state index < -0.39 is 61.6 Å². The van der Waals surface area contributed by atoms with Crippen LogP contribution >= 0.6 is 14.3 Å². The largest absolute Gasteiger partial charge is 0.322 e. The number of hydrogen-bond donors (Lipinski definition) is 0. The lowest BCUT2D eigenvalue weighted by atomic mass is 9.97. The summed E-state index contributed by atoms with van der Waals surface area (Å²) in [4.78, 5) is 0. The highest BCUT2D eigenvalue weighted by atomic mass is 31.2. The van der Waals surface area contributed by atoms with E-state index in [9.17, 15) is 13.5 Å². The van der Waals surface area contributed by atoms with Crippen LogP contribution in [0.4, 0.5) is 17.6 Å². The Morgan fingerprint density at radius 1 is 0.515 bits per heavy atom. The van der Waals surface area contributed by atoms with E-state index in [0.29, 0.717) is 57.8 Å². The molecule has 0 heterocycles. The summed E-state index contributed by atoms with van der Waals surface area (Å²) in [6, 6.07) is 0. The van der Waals surface area contributed by atoms with Gasteiger partial charge in [0.25, 0.3) is 0 Å². The molecule has 4 saturated carbocycles. The van der Waals surface area contributed by atoms with Crippen LogP contribution in [0.1, 0.15) is 103 Å². The minimum Gasteiger partial charge on any atom is -0.322 e. The highest BCUT2D eigenvalue weighted by molar-refractivity contribution is 7.82. The smallest absolute Gasteiger partial charge is 0.110 e. The summed E-state index contributed by atoms with van der Waals surface area (Å²) >= 11 is 0. The van der Waals surface area contributed by atoms with Gasteiger partial charge in [-0.1, -0.05) is 38.5 Å². The van der Waals surface area contributed by atoms with Crippen molar-refractivity contribution in [1.29, 1.82) is 0 Å². The van der Waals surface area contributed by atoms with Gasteiger partial charge in [0.1, 0.15) is 39.0 Å². The summed E-state index contributed by atoms with van der Waals surface area (Å²) in [7, 11) is -7.07. The first-order valence-electron chi connectivity index (χ1n) is 13.5. The van der Waals surface area contributed by atoms with Crippen LogP contribution < -0.4 is 0 Å². The van der Waals surface area contributed by atoms with Crippen LogP contribution in [0.15, 0.2) is 0 Å². The van der Waals surface area contributed by atoms with Gasteiger partial charge in [0.15, 0.2) is 0 Å². The average molecular weight is 513 g/mol. The Morgan fingerprint density at radius 2 is 0.939 bits per heavy atom. The topological polar surface area (TPSA) is 34.1 Å². The fourth-order valence-corrected chi connectivity index (χ4v) is 19.9. The maximum atomic E-state index is 15.3. The molecule has 0 aliphatic heterocycles. The molecule has 0 saturated heterocycles. The number of alkyl halides is 4. The van der Waals surface area contributed by atoms with Crippen molar-refractivity contribution in [2.75, 3.05) is 5.90 Å². The summed E-state index contributed by atoms with van der Waals surface area (Å²) < 4.78 is 90.3. The van der Waals surface area contributed by atoms with Gasteiger partial charge in [-0.15, -0.1) is 0 Å². The molecule has 9 unspecified atom stereocenters. The van der Waals surface area contributed by atoms with Gasteiger partial charge in [0.05, 0.1) is 5.90 Å². The quantitative estimate of drug-likeness (QED) is 0.263. The molecule has 4 aliphatic carbocycles. The SMILES string of the molecule is O=P(CP(=O)(C1CCCCC1F)C1CCCCC1F)(C1CCCC(F)C1)C1CCCCC1F. The lowest BCUT2D eigenvalue weighted by Gasteiger charge is -2.46. The van der Waals surface area contributed by atoms with Crippen LogP contribution in [-0.2, 0) is 9.13 Å². The van der Waals surface area contributed by atoms with E-state index in [4.69, 9.17) is 0 Å². The van der Waals surface area contributed by atoms with Gasteiger partial charge >= 0.3 is 0 Å². The molecule has 192 valence electrons. The van der Waals surface area contributed by atoms with E-state index in [1.165, 1.54) is 0 Å². The van der Waals surface area contributed by atoms with Crippen LogP contribution in [0, 0.1) is 0 Å². The summed E-state index contributed by atoms with van der Waals surface area (Å²) in [5.41, 5.74) is -2.77. The standard InChI is InChI=1S/C25H42F4O2P2/c26-18-8-7-9-19(16-18)32(30,23-13-4-1-10-20(23)27)17-33(31,24-14-5-2-11-21(24)28)25-15-6-3-12-22(25)29/h18-25H,1-17H2. The zero-order valence-corrected chi connectivity index (χ0v) is 21.7. The van der Waals surface area contributed by atoms with Crippen molar-refractivity contribution in [2.45, 2.75) is 150 Å². The van der Waals surface area contributed by atoms with Crippen LogP contribution in [-0.4, -0.2) is 53.2 Å². The lowest BCUT2D eigenvalue weighted by molar-refractivity contribution is 0.231. The van der Waals surface area contributed by atoms with Gasteiger partial charge < -0.3 is 9.13 Å². The van der Waals surface area contributed by atoms with Crippen LogP contribution in [0.25, 0.3) is 0 Å². The summed E-state index contributed by atoms with van der Waals surface area (Å²) in [5, 5.41) is 0. The van der Waals surface area contributed by atoms with E-state index >= 15 is 13.2 Å². The van der Waals surface area contributed by atoms with Gasteiger partial charge in [-0.05, 0) is 64.2 Å². The lowest BCUT2D eigenvalue weighted by Crippen LogP contribution is -2.40. The number of hydrogen-bond acceptors (Lipinski definition) is 2. The molecule has 0 bridgehead atoms. The predicted molar refractivity (Wildman–Crippen MR) is 129 cm³/mol. The van der Waals surface area contributed by atoms with Crippen molar-refractivity contribution in [2.24, 2.45) is 0 Å². The highest BCUT2D eigenvalue weighted by Gasteiger charge is 2.56. The first-order chi connectivity index (χ1) is 15.8. The van der Waals surface area contributed by atoms with E-state index in [1.807, 2.05) is 0 Å². The second kappa shape index (κ2) is 11.1. The van der Waals surface area contributed by atoms with E-state index in [-0.39, 0.29) is 12.3 Å². The van der Waals surface area contributed by atoms with Gasteiger partial charge in [-0.3, -0.25) is 0 Å². The number of rotatable bonds is 6. The average Bonchev–Trinajstić information content (AvgIpc) is 2.79. The maximum Gasteiger partial charge on any atom is 0.110 e. The van der Waals surface area contributed by atoms with Crippen molar-refractivity contribution in [3.05, 3.63) is 0 Å². The molecule has 0 amide bonds. The van der Waals surface area contributed by atoms with Crippen molar-refractivity contribution in [3.63, 3.8) is 0 Å². The minimum atomic E-state index is -3.59. The normalized spacial score (nSPS) is 44.5. The Kier molecular flexibility index (Phi) is 8.80. The molecule has 4 aliphatic rings. The molecular formula is C25H42F4O2P2. The van der Waals surface area contributed by atoms with Crippen molar-refractivity contribution in [1.82, 2.24) is 0 Å². The second-order valence-electron chi connectivity index (χ2n) is 11.4. The molecule has 9 atom stereocenters. The summed E-state index contributed by atoms with van der Waals surface area (Å²) in [5.74, 6) is -0.224. The van der Waals surface area contributed by atoms with E-state index in [1.54, 1.807) is 0 Å². The molecule has 4 rings (SSSR count). The first kappa shape index (κ1) is 26.2. The molecule has 0 aromatic heterocycles. The van der Waals surface area contributed by atoms with E-state index in [2.05, 4.69) is 0 Å². The Morgan fingerprint density at radius 3 is 1.36 bits per heavy atom. The zero-order chi connectivity index (χ0) is 23.6. The van der Waals surface area contributed by atoms with Gasteiger partial charge in [-0.25, -0.2) is 17.6 Å². The summed E-state index contributed by atoms with van der Waals surface area (Å²) in [6.07, 6.45) is 3.50. The van der Waals surface area contributed by atoms with Crippen LogP contribution in [0.3, 0.4) is 0 Å². The molecular weight excluding hydrogens is 470 g/mol. The van der Waals surface area contributed by atoms with Crippen molar-refractivity contribution in [3.8, 4) is 0 Å². The van der Waals surface area contributed by atoms with Crippen LogP contribution in [0.5, 0.6) is 0 Å².